The van der Waals surface area contributed by atoms with Crippen molar-refractivity contribution >= 4 is 17.9 Å². The fourth-order valence-electron chi connectivity index (χ4n) is 7.49. The molecule has 0 amide bonds. The molecule has 73 heavy (non-hydrogen) atoms. The first-order valence-corrected chi connectivity index (χ1v) is 29.3. The lowest BCUT2D eigenvalue weighted by Gasteiger charge is -2.18. The van der Waals surface area contributed by atoms with Gasteiger partial charge in [0.15, 0.2) is 6.10 Å². The molecule has 0 bridgehead atoms. The number of hydrogen-bond acceptors (Lipinski definition) is 6. The van der Waals surface area contributed by atoms with E-state index in [4.69, 9.17) is 14.2 Å². The predicted octanol–water partition coefficient (Wildman–Crippen LogP) is 20.0. The van der Waals surface area contributed by atoms with Crippen LogP contribution in [0.2, 0.25) is 0 Å². The largest absolute Gasteiger partial charge is 0.462 e. The van der Waals surface area contributed by atoms with E-state index < -0.39 is 6.10 Å². The number of ether oxygens (including phenoxy) is 3. The smallest absolute Gasteiger partial charge is 0.306 e. The predicted molar refractivity (Wildman–Crippen MR) is 315 cm³/mol. The van der Waals surface area contributed by atoms with E-state index in [1.807, 2.05) is 12.2 Å². The molecule has 0 N–H and O–H groups in total. The zero-order valence-corrected chi connectivity index (χ0v) is 46.8. The number of esters is 3. The van der Waals surface area contributed by atoms with Gasteiger partial charge < -0.3 is 14.2 Å². The van der Waals surface area contributed by atoms with Gasteiger partial charge in [-0.05, 0) is 128 Å². The monoisotopic (exact) mass is 1010 g/mol. The number of carbonyl (C=O) groups excluding carboxylic acids is 3. The topological polar surface area (TPSA) is 78.9 Å². The summed E-state index contributed by atoms with van der Waals surface area (Å²) in [4.78, 5) is 38.2. The Morgan fingerprint density at radius 1 is 0.288 bits per heavy atom. The minimum Gasteiger partial charge on any atom is -0.462 e. The van der Waals surface area contributed by atoms with Crippen molar-refractivity contribution in [3.05, 3.63) is 146 Å². The number of unbranched alkanes of at least 4 members (excludes halogenated alkanes) is 16. The molecule has 0 spiro atoms. The van der Waals surface area contributed by atoms with Crippen LogP contribution < -0.4 is 0 Å². The van der Waals surface area contributed by atoms with Crippen molar-refractivity contribution < 1.29 is 28.6 Å². The highest BCUT2D eigenvalue weighted by Gasteiger charge is 2.19. The van der Waals surface area contributed by atoms with E-state index >= 15 is 0 Å². The lowest BCUT2D eigenvalue weighted by Crippen LogP contribution is -2.30. The van der Waals surface area contributed by atoms with Crippen LogP contribution in [0.5, 0.6) is 0 Å². The third kappa shape index (κ3) is 58.1. The van der Waals surface area contributed by atoms with Gasteiger partial charge in [-0.25, -0.2) is 0 Å². The average molecular weight is 1010 g/mol. The van der Waals surface area contributed by atoms with Crippen molar-refractivity contribution in [2.75, 3.05) is 13.2 Å². The van der Waals surface area contributed by atoms with Crippen LogP contribution in [0.4, 0.5) is 0 Å². The van der Waals surface area contributed by atoms with E-state index in [2.05, 4.69) is 154 Å². The molecule has 0 heterocycles. The molecule has 0 unspecified atom stereocenters. The summed E-state index contributed by atoms with van der Waals surface area (Å²) in [5.74, 6) is -1.05. The number of allylic oxidation sites excluding steroid dienone is 24. The first kappa shape index (κ1) is 68.3. The summed E-state index contributed by atoms with van der Waals surface area (Å²) in [6.07, 6.45) is 85.6. The molecule has 6 heteroatoms. The van der Waals surface area contributed by atoms with Crippen molar-refractivity contribution in [3.63, 3.8) is 0 Å². The Hall–Kier alpha value is -4.71. The second-order valence-corrected chi connectivity index (χ2v) is 18.8. The minimum atomic E-state index is -0.835. The summed E-state index contributed by atoms with van der Waals surface area (Å²) in [7, 11) is 0. The third-order valence-electron chi connectivity index (χ3n) is 11.8. The molecule has 0 aliphatic heterocycles. The van der Waals surface area contributed by atoms with Gasteiger partial charge in [0.2, 0.25) is 0 Å². The molecular weight excluding hydrogens is 901 g/mol. The van der Waals surface area contributed by atoms with Crippen molar-refractivity contribution in [2.24, 2.45) is 0 Å². The van der Waals surface area contributed by atoms with Gasteiger partial charge in [0.25, 0.3) is 0 Å². The summed E-state index contributed by atoms with van der Waals surface area (Å²) in [6, 6.07) is 0. The molecule has 410 valence electrons. The zero-order chi connectivity index (χ0) is 52.9. The SMILES string of the molecule is CC/C=C/C/C=C/C/C=C/C/C=C/C/C=C/C/C=C/CCC(=O)OC[C@@H](COC(=O)CCCCCCCCC/C=C/CCCCCCCC)OC(=O)CCCCC/C=C/C/C=C/C/C=C/C/C=C/C/C=C/CC. The lowest BCUT2D eigenvalue weighted by atomic mass is 10.1. The molecule has 0 saturated heterocycles. The molecule has 0 aromatic heterocycles. The van der Waals surface area contributed by atoms with Gasteiger partial charge in [0.1, 0.15) is 13.2 Å². The normalized spacial score (nSPS) is 13.2. The molecule has 0 aromatic rings. The molecule has 0 radical (unpaired) electrons. The molecular formula is C67H106O6. The molecule has 1 atom stereocenters. The number of rotatable bonds is 51. The van der Waals surface area contributed by atoms with Gasteiger partial charge in [0, 0.05) is 19.3 Å². The van der Waals surface area contributed by atoms with E-state index in [1.54, 1.807) is 0 Å². The molecule has 0 rings (SSSR count). The molecule has 0 fully saturated rings. The van der Waals surface area contributed by atoms with Gasteiger partial charge in [-0.1, -0.05) is 237 Å². The molecule has 0 saturated carbocycles. The summed E-state index contributed by atoms with van der Waals surface area (Å²) in [5, 5.41) is 0. The van der Waals surface area contributed by atoms with Crippen LogP contribution in [0.3, 0.4) is 0 Å². The van der Waals surface area contributed by atoms with E-state index in [-0.39, 0.29) is 44.0 Å². The Morgan fingerprint density at radius 2 is 0.562 bits per heavy atom. The maximum absolute atomic E-state index is 12.9. The van der Waals surface area contributed by atoms with Crippen LogP contribution in [0.25, 0.3) is 0 Å². The number of carbonyl (C=O) groups is 3. The second kappa shape index (κ2) is 59.8. The fourth-order valence-corrected chi connectivity index (χ4v) is 7.49. The summed E-state index contributed by atoms with van der Waals surface area (Å²) < 4.78 is 16.8. The van der Waals surface area contributed by atoms with Crippen molar-refractivity contribution in [1.29, 1.82) is 0 Å². The average Bonchev–Trinajstić information content (AvgIpc) is 3.39. The fraction of sp³-hybridized carbons (Fsp3) is 0.597. The molecule has 0 aliphatic carbocycles. The Kier molecular flexibility index (Phi) is 56.0. The molecule has 6 nitrogen and oxygen atoms in total. The lowest BCUT2D eigenvalue weighted by molar-refractivity contribution is -0.166. The van der Waals surface area contributed by atoms with Crippen molar-refractivity contribution in [1.82, 2.24) is 0 Å². The van der Waals surface area contributed by atoms with Crippen LogP contribution in [-0.2, 0) is 28.6 Å². The first-order valence-electron chi connectivity index (χ1n) is 29.3. The van der Waals surface area contributed by atoms with E-state index in [1.165, 1.54) is 77.0 Å². The Labute approximate surface area is 448 Å². The summed E-state index contributed by atoms with van der Waals surface area (Å²) in [5.41, 5.74) is 0. The van der Waals surface area contributed by atoms with Crippen LogP contribution in [0.15, 0.2) is 146 Å². The number of hydrogen-bond donors (Lipinski definition) is 0. The van der Waals surface area contributed by atoms with Crippen LogP contribution in [0.1, 0.15) is 239 Å². The first-order chi connectivity index (χ1) is 36.0. The van der Waals surface area contributed by atoms with Gasteiger partial charge in [0.05, 0.1) is 0 Å². The second-order valence-electron chi connectivity index (χ2n) is 18.8. The summed E-state index contributed by atoms with van der Waals surface area (Å²) >= 11 is 0. The zero-order valence-electron chi connectivity index (χ0n) is 46.8. The van der Waals surface area contributed by atoms with Crippen LogP contribution in [0, 0.1) is 0 Å². The standard InChI is InChI=1S/C67H106O6/c1-4-7-10-13-16-19-22-25-28-31-33-36-39-42-45-48-51-54-57-60-66(69)72-63-64(62-71-65(68)59-56-53-50-47-44-41-38-35-30-27-24-21-18-15-12-9-6-3)73-67(70)61-58-55-52-49-46-43-40-37-34-32-29-26-23-20-17-14-11-8-5-2/h7-8,10-11,16-17,19-20,25-30,33-34,36-37,42-43,45-46,51,54,64H,4-6,9,12-15,18,21-24,31-32,35,38-41,44,47-50,52-53,55-63H2,1-3H3/b10-7+,11-8+,19-16+,20-17+,28-25+,29-26+,30-27+,36-33+,37-34+,45-42+,46-43+,54-51+/t64-/m1/s1. The van der Waals surface area contributed by atoms with Gasteiger partial charge in [-0.3, -0.25) is 14.4 Å². The van der Waals surface area contributed by atoms with E-state index in [0.29, 0.717) is 19.3 Å². The van der Waals surface area contributed by atoms with E-state index in [0.717, 1.165) is 109 Å². The Morgan fingerprint density at radius 3 is 0.945 bits per heavy atom. The highest BCUT2D eigenvalue weighted by Crippen LogP contribution is 2.13. The summed E-state index contributed by atoms with van der Waals surface area (Å²) in [6.45, 7) is 6.30. The molecule has 0 aliphatic rings. The highest BCUT2D eigenvalue weighted by molar-refractivity contribution is 5.71. The van der Waals surface area contributed by atoms with E-state index in [9.17, 15) is 14.4 Å². The minimum absolute atomic E-state index is 0.123. The quantitative estimate of drug-likeness (QED) is 0.0261. The maximum Gasteiger partial charge on any atom is 0.306 e. The third-order valence-corrected chi connectivity index (χ3v) is 11.8. The van der Waals surface area contributed by atoms with Gasteiger partial charge in [-0.15, -0.1) is 0 Å². The van der Waals surface area contributed by atoms with Crippen LogP contribution >= 0.6 is 0 Å². The van der Waals surface area contributed by atoms with Gasteiger partial charge in [-0.2, -0.15) is 0 Å². The van der Waals surface area contributed by atoms with Crippen molar-refractivity contribution in [2.45, 2.75) is 245 Å². The molecule has 0 aromatic carbocycles. The van der Waals surface area contributed by atoms with Gasteiger partial charge >= 0.3 is 17.9 Å². The van der Waals surface area contributed by atoms with Crippen molar-refractivity contribution in [3.8, 4) is 0 Å². The van der Waals surface area contributed by atoms with Crippen LogP contribution in [-0.4, -0.2) is 37.2 Å². The Balaban J connectivity index is 4.60. The highest BCUT2D eigenvalue weighted by atomic mass is 16.6. The Bertz CT molecular complexity index is 1630. The maximum atomic E-state index is 12.9.